The van der Waals surface area contributed by atoms with Crippen molar-refractivity contribution in [3.8, 4) is 15.8 Å². The van der Waals surface area contributed by atoms with Gasteiger partial charge in [-0.2, -0.15) is 26.6 Å². The number of thiophene rings is 1. The van der Waals surface area contributed by atoms with Gasteiger partial charge in [-0.15, -0.1) is 22.7 Å². The minimum atomic E-state index is -5.87. The Bertz CT molecular complexity index is 762. The Kier molecular flexibility index (Phi) is 4.08. The maximum absolute atomic E-state index is 12.3. The molecule has 0 N–H and O–H groups in total. The Morgan fingerprint density at radius 1 is 1.38 bits per heavy atom. The van der Waals surface area contributed by atoms with Crippen molar-refractivity contribution in [3.63, 3.8) is 0 Å². The lowest BCUT2D eigenvalue weighted by Crippen LogP contribution is -2.28. The summed E-state index contributed by atoms with van der Waals surface area (Å²) in [4.78, 5) is 15.4. The average Bonchev–Trinajstić information content (AvgIpc) is 2.94. The smallest absolute Gasteiger partial charge is 0.353 e. The summed E-state index contributed by atoms with van der Waals surface area (Å²) < 4.78 is 62.9. The molecule has 0 atom stereocenters. The molecule has 0 aliphatic rings. The SMILES string of the molecule is CC(=O)c1sc(-c2cccs2)nc1OS(=O)(=O)C(F)(F)F. The van der Waals surface area contributed by atoms with Crippen molar-refractivity contribution in [1.82, 2.24) is 4.98 Å². The summed E-state index contributed by atoms with van der Waals surface area (Å²) in [6.07, 6.45) is 0. The van der Waals surface area contributed by atoms with E-state index >= 15 is 0 Å². The van der Waals surface area contributed by atoms with Crippen molar-refractivity contribution in [1.29, 1.82) is 0 Å². The van der Waals surface area contributed by atoms with E-state index in [1.54, 1.807) is 17.5 Å². The molecule has 0 aliphatic carbocycles. The number of ketones is 1. The highest BCUT2D eigenvalue weighted by atomic mass is 32.2. The molecule has 2 rings (SSSR count). The van der Waals surface area contributed by atoms with Crippen LogP contribution >= 0.6 is 22.7 Å². The summed E-state index contributed by atoms with van der Waals surface area (Å²) in [6.45, 7) is 1.08. The van der Waals surface area contributed by atoms with Gasteiger partial charge >= 0.3 is 15.6 Å². The van der Waals surface area contributed by atoms with E-state index in [0.717, 1.165) is 18.3 Å². The standard InChI is InChI=1S/C10H6F3NO4S3/c1-5(15)7-8(18-21(16,17)10(11,12)13)14-9(20-7)6-3-2-4-19-6/h2-4H,1H3. The molecule has 0 amide bonds. The first-order chi connectivity index (χ1) is 9.62. The molecule has 2 heterocycles. The topological polar surface area (TPSA) is 73.3 Å². The molecule has 0 unspecified atom stereocenters. The number of hydrogen-bond acceptors (Lipinski definition) is 7. The molecule has 114 valence electrons. The molecular weight excluding hydrogens is 351 g/mol. The van der Waals surface area contributed by atoms with Crippen LogP contribution in [-0.4, -0.2) is 24.7 Å². The Hall–Kier alpha value is -1.46. The van der Waals surface area contributed by atoms with Crippen LogP contribution < -0.4 is 4.18 Å². The molecule has 2 aromatic heterocycles. The lowest BCUT2D eigenvalue weighted by Gasteiger charge is -2.07. The van der Waals surface area contributed by atoms with Gasteiger partial charge in [0.1, 0.15) is 9.88 Å². The summed E-state index contributed by atoms with van der Waals surface area (Å²) in [6, 6.07) is 3.32. The second kappa shape index (κ2) is 5.39. The summed E-state index contributed by atoms with van der Waals surface area (Å²) in [7, 11) is -5.87. The van der Waals surface area contributed by atoms with E-state index in [1.807, 2.05) is 0 Å². The molecule has 0 radical (unpaired) electrons. The molecule has 2 aromatic rings. The first-order valence-electron chi connectivity index (χ1n) is 5.18. The number of thiazole rings is 1. The van der Waals surface area contributed by atoms with Gasteiger partial charge in [0, 0.05) is 6.92 Å². The monoisotopic (exact) mass is 357 g/mol. The molecule has 0 aromatic carbocycles. The predicted octanol–water partition coefficient (Wildman–Crippen LogP) is 3.30. The second-order valence-corrected chi connectivity index (χ2v) is 7.15. The fraction of sp³-hybridized carbons (Fsp3) is 0.200. The van der Waals surface area contributed by atoms with Gasteiger partial charge in [-0.25, -0.2) is 0 Å². The lowest BCUT2D eigenvalue weighted by molar-refractivity contribution is -0.0501. The summed E-state index contributed by atoms with van der Waals surface area (Å²) in [5, 5.41) is 1.92. The molecule has 0 spiro atoms. The number of Topliss-reactive ketones (excluding diaryl/α,β-unsaturated/α-hetero) is 1. The van der Waals surface area contributed by atoms with E-state index in [4.69, 9.17) is 0 Å². The third-order valence-corrected chi connectivity index (χ3v) is 5.24. The van der Waals surface area contributed by atoms with Crippen LogP contribution in [0.25, 0.3) is 9.88 Å². The zero-order chi connectivity index (χ0) is 15.8. The number of rotatable bonds is 4. The van der Waals surface area contributed by atoms with Gasteiger partial charge in [0.25, 0.3) is 5.88 Å². The molecular formula is C10H6F3NO4S3. The third-order valence-electron chi connectivity index (χ3n) is 2.12. The van der Waals surface area contributed by atoms with Gasteiger partial charge in [0.15, 0.2) is 5.78 Å². The molecule has 5 nitrogen and oxygen atoms in total. The molecule has 21 heavy (non-hydrogen) atoms. The fourth-order valence-corrected chi connectivity index (χ4v) is 3.40. The van der Waals surface area contributed by atoms with Crippen LogP contribution in [0, 0.1) is 0 Å². The quantitative estimate of drug-likeness (QED) is 0.477. The molecule has 0 saturated carbocycles. The normalized spacial score (nSPS) is 12.4. The molecule has 0 aliphatic heterocycles. The third kappa shape index (κ3) is 3.24. The van der Waals surface area contributed by atoms with Gasteiger partial charge < -0.3 is 4.18 Å². The van der Waals surface area contributed by atoms with E-state index < -0.39 is 27.3 Å². The van der Waals surface area contributed by atoms with Gasteiger partial charge in [0.2, 0.25) is 0 Å². The van der Waals surface area contributed by atoms with Crippen LogP contribution in [0.5, 0.6) is 5.88 Å². The van der Waals surface area contributed by atoms with Crippen LogP contribution in [0.2, 0.25) is 0 Å². The molecule has 0 bridgehead atoms. The van der Waals surface area contributed by atoms with Gasteiger partial charge in [-0.3, -0.25) is 4.79 Å². The summed E-state index contributed by atoms with van der Waals surface area (Å²) >= 11 is 2.01. The Labute approximate surface area is 125 Å². The van der Waals surface area contributed by atoms with Gasteiger partial charge in [-0.05, 0) is 11.4 Å². The summed E-state index contributed by atoms with van der Waals surface area (Å²) in [5.74, 6) is -1.49. The minimum absolute atomic E-state index is 0.211. The van der Waals surface area contributed by atoms with Gasteiger partial charge in [0.05, 0.1) is 4.88 Å². The number of carbonyl (C=O) groups excluding carboxylic acids is 1. The lowest BCUT2D eigenvalue weighted by atomic mass is 10.4. The van der Waals surface area contributed by atoms with Crippen molar-refractivity contribution < 1.29 is 30.6 Å². The first-order valence-corrected chi connectivity index (χ1v) is 8.28. The minimum Gasteiger partial charge on any atom is -0.353 e. The predicted molar refractivity (Wildman–Crippen MR) is 71.0 cm³/mol. The van der Waals surface area contributed by atoms with Gasteiger partial charge in [-0.1, -0.05) is 6.07 Å². The second-order valence-electron chi connectivity index (χ2n) is 3.67. The summed E-state index contributed by atoms with van der Waals surface area (Å²) in [5.41, 5.74) is -5.59. The van der Waals surface area contributed by atoms with Crippen LogP contribution in [0.1, 0.15) is 16.6 Å². The van der Waals surface area contributed by atoms with E-state index in [2.05, 4.69) is 9.17 Å². The molecule has 0 fully saturated rings. The number of alkyl halides is 3. The fourth-order valence-electron chi connectivity index (χ4n) is 1.24. The van der Waals surface area contributed by atoms with E-state index in [0.29, 0.717) is 4.88 Å². The number of carbonyl (C=O) groups is 1. The van der Waals surface area contributed by atoms with Crippen LogP contribution in [0.4, 0.5) is 13.2 Å². The van der Waals surface area contributed by atoms with Crippen molar-refractivity contribution in [3.05, 3.63) is 22.4 Å². The van der Waals surface area contributed by atoms with Crippen LogP contribution in [-0.2, 0) is 10.1 Å². The Morgan fingerprint density at radius 2 is 2.05 bits per heavy atom. The number of nitrogens with zero attached hydrogens (tertiary/aromatic N) is 1. The van der Waals surface area contributed by atoms with E-state index in [9.17, 15) is 26.4 Å². The number of hydrogen-bond donors (Lipinski definition) is 0. The van der Waals surface area contributed by atoms with Crippen LogP contribution in [0.15, 0.2) is 17.5 Å². The number of aromatic nitrogens is 1. The number of halogens is 3. The zero-order valence-corrected chi connectivity index (χ0v) is 12.6. The van der Waals surface area contributed by atoms with Crippen molar-refractivity contribution in [2.75, 3.05) is 0 Å². The average molecular weight is 357 g/mol. The maximum Gasteiger partial charge on any atom is 0.534 e. The molecule has 11 heteroatoms. The Balaban J connectivity index is 2.47. The zero-order valence-electron chi connectivity index (χ0n) is 10.2. The van der Waals surface area contributed by atoms with Crippen LogP contribution in [0.3, 0.4) is 0 Å². The Morgan fingerprint density at radius 3 is 2.52 bits per heavy atom. The molecule has 0 saturated heterocycles. The highest BCUT2D eigenvalue weighted by Gasteiger charge is 2.49. The van der Waals surface area contributed by atoms with E-state index in [1.165, 1.54) is 11.3 Å². The van der Waals surface area contributed by atoms with E-state index in [-0.39, 0.29) is 9.88 Å². The van der Waals surface area contributed by atoms with Crippen molar-refractivity contribution >= 4 is 38.6 Å². The first kappa shape index (κ1) is 15.9. The van der Waals surface area contributed by atoms with Crippen molar-refractivity contribution in [2.24, 2.45) is 0 Å². The highest BCUT2D eigenvalue weighted by molar-refractivity contribution is 7.88. The maximum atomic E-state index is 12.3. The van der Waals surface area contributed by atoms with Crippen molar-refractivity contribution in [2.45, 2.75) is 12.4 Å². The highest BCUT2D eigenvalue weighted by Crippen LogP contribution is 2.37. The largest absolute Gasteiger partial charge is 0.534 e.